The second kappa shape index (κ2) is 16.4. The van der Waals surface area contributed by atoms with E-state index in [0.717, 1.165) is 12.8 Å². The molecule has 1 rings (SSSR count). The van der Waals surface area contributed by atoms with Crippen molar-refractivity contribution < 1.29 is 28.9 Å². The minimum atomic E-state index is -1.70. The second-order valence-corrected chi connectivity index (χ2v) is 13.4. The van der Waals surface area contributed by atoms with Crippen molar-refractivity contribution in [3.05, 3.63) is 12.3 Å². The van der Waals surface area contributed by atoms with Crippen LogP contribution in [0, 0.1) is 11.8 Å². The van der Waals surface area contributed by atoms with Crippen LogP contribution in [0.25, 0.3) is 0 Å². The summed E-state index contributed by atoms with van der Waals surface area (Å²) in [6.45, 7) is 14.6. The van der Waals surface area contributed by atoms with E-state index in [2.05, 4.69) is 22.6 Å². The van der Waals surface area contributed by atoms with Gasteiger partial charge in [-0.25, -0.2) is 5.43 Å². The highest BCUT2D eigenvalue weighted by atomic mass is 35.6. The van der Waals surface area contributed by atoms with Gasteiger partial charge in [-0.2, -0.15) is 5.01 Å². The molecule has 13 heteroatoms. The number of ether oxygens (including phenoxy) is 3. The lowest BCUT2D eigenvalue weighted by Gasteiger charge is -2.31. The Morgan fingerprint density at radius 3 is 2.42 bits per heavy atom. The van der Waals surface area contributed by atoms with Crippen LogP contribution in [0.15, 0.2) is 12.3 Å². The zero-order valence-electron chi connectivity index (χ0n) is 23.4. The zero-order valence-corrected chi connectivity index (χ0v) is 25.6. The van der Waals surface area contributed by atoms with E-state index in [1.165, 1.54) is 0 Å². The van der Waals surface area contributed by atoms with Crippen LogP contribution in [0.4, 0.5) is 0 Å². The molecule has 0 spiro atoms. The number of hydrazine groups is 1. The van der Waals surface area contributed by atoms with Gasteiger partial charge in [-0.05, 0) is 46.0 Å². The van der Waals surface area contributed by atoms with Crippen molar-refractivity contribution in [1.82, 2.24) is 21.1 Å². The van der Waals surface area contributed by atoms with Crippen LogP contribution in [0.5, 0.6) is 0 Å². The average molecular weight is 605 g/mol. The third-order valence-electron chi connectivity index (χ3n) is 5.82. The largest absolute Gasteiger partial charge is 0.460 e. The predicted molar refractivity (Wildman–Crippen MR) is 151 cm³/mol. The molecule has 1 aliphatic rings. The molecular weight excluding hydrogens is 559 g/mol. The molecule has 0 aliphatic carbocycles. The summed E-state index contributed by atoms with van der Waals surface area (Å²) in [5.74, 6) is -1.15. The van der Waals surface area contributed by atoms with Crippen LogP contribution < -0.4 is 16.1 Å². The summed E-state index contributed by atoms with van der Waals surface area (Å²) < 4.78 is 14.5. The summed E-state index contributed by atoms with van der Waals surface area (Å²) >= 11 is 17.1. The highest BCUT2D eigenvalue weighted by Crippen LogP contribution is 2.26. The molecule has 4 atom stereocenters. The Morgan fingerprint density at radius 1 is 1.21 bits per heavy atom. The van der Waals surface area contributed by atoms with Crippen LogP contribution >= 0.6 is 34.8 Å². The molecule has 1 saturated heterocycles. The van der Waals surface area contributed by atoms with Crippen molar-refractivity contribution in [2.75, 3.05) is 40.0 Å². The fourth-order valence-corrected chi connectivity index (χ4v) is 3.94. The Labute approximate surface area is 242 Å². The molecule has 0 aromatic heterocycles. The first-order valence-corrected chi connectivity index (χ1v) is 14.0. The fraction of sp³-hybridized carbons (Fsp3) is 0.840. The molecule has 0 radical (unpaired) electrons. The summed E-state index contributed by atoms with van der Waals surface area (Å²) in [6.07, 6.45) is 1.26. The van der Waals surface area contributed by atoms with Crippen molar-refractivity contribution in [2.45, 2.75) is 81.6 Å². The van der Waals surface area contributed by atoms with Gasteiger partial charge in [0.05, 0.1) is 24.7 Å². The second-order valence-electron chi connectivity index (χ2n) is 10.9. The number of amides is 1. The first kappa shape index (κ1) is 35.2. The van der Waals surface area contributed by atoms with Crippen LogP contribution in [0.2, 0.25) is 0 Å². The monoisotopic (exact) mass is 603 g/mol. The van der Waals surface area contributed by atoms with Gasteiger partial charge in [-0.3, -0.25) is 9.59 Å². The normalized spacial score (nSPS) is 19.8. The summed E-state index contributed by atoms with van der Waals surface area (Å²) in [5, 5.41) is 16.7. The first-order chi connectivity index (χ1) is 17.5. The number of hydrogen-bond donors (Lipinski definition) is 3. The minimum Gasteiger partial charge on any atom is -0.460 e. The number of halogens is 3. The number of carbonyl (C=O) groups excluding carboxylic acids is 2. The molecule has 0 saturated carbocycles. The topological polar surface area (TPSA) is 124 Å². The molecule has 10 nitrogen and oxygen atoms in total. The zero-order chi connectivity index (χ0) is 29.1. The van der Waals surface area contributed by atoms with Gasteiger partial charge >= 0.3 is 5.97 Å². The molecule has 0 aromatic carbocycles. The number of methoxy groups -OCH3 is 1. The maximum Gasteiger partial charge on any atom is 0.324 e. The lowest BCUT2D eigenvalue weighted by Crippen LogP contribution is -2.57. The Hall–Kier alpha value is -0.850. The third kappa shape index (κ3) is 14.0. The predicted octanol–water partition coefficient (Wildman–Crippen LogP) is 2.63. The summed E-state index contributed by atoms with van der Waals surface area (Å²) in [5.41, 5.74) is 3.40. The van der Waals surface area contributed by atoms with Crippen LogP contribution in [0.3, 0.4) is 0 Å². The molecule has 1 amide bonds. The fourth-order valence-electron chi connectivity index (χ4n) is 3.78. The van der Waals surface area contributed by atoms with Gasteiger partial charge in [-0.1, -0.05) is 55.2 Å². The summed E-state index contributed by atoms with van der Waals surface area (Å²) in [7, 11) is 1.55. The van der Waals surface area contributed by atoms with E-state index in [4.69, 9.17) is 54.1 Å². The lowest BCUT2D eigenvalue weighted by atomic mass is 10.0. The number of hydrogen-bond acceptors (Lipinski definition) is 8. The number of rotatable bonds is 14. The maximum absolute atomic E-state index is 13.1. The van der Waals surface area contributed by atoms with Crippen molar-refractivity contribution in [3.63, 3.8) is 0 Å². The van der Waals surface area contributed by atoms with Crippen molar-refractivity contribution in [1.29, 1.82) is 0 Å². The molecule has 1 fully saturated rings. The van der Waals surface area contributed by atoms with Gasteiger partial charge in [0.1, 0.15) is 18.7 Å². The quantitative estimate of drug-likeness (QED) is 0.157. The molecule has 1 aliphatic heterocycles. The highest BCUT2D eigenvalue weighted by molar-refractivity contribution is 6.67. The molecule has 222 valence electrons. The van der Waals surface area contributed by atoms with Gasteiger partial charge in [0.25, 0.3) is 0 Å². The van der Waals surface area contributed by atoms with Crippen molar-refractivity contribution >= 4 is 46.7 Å². The van der Waals surface area contributed by atoms with E-state index in [-0.39, 0.29) is 49.7 Å². The molecule has 0 aromatic rings. The van der Waals surface area contributed by atoms with Crippen LogP contribution in [-0.4, -0.2) is 89.7 Å². The summed E-state index contributed by atoms with van der Waals surface area (Å²) in [4.78, 5) is 25.6. The first-order valence-electron chi connectivity index (χ1n) is 12.9. The van der Waals surface area contributed by atoms with E-state index in [9.17, 15) is 9.59 Å². The molecule has 1 unspecified atom stereocenters. The van der Waals surface area contributed by atoms with Crippen LogP contribution in [0.1, 0.15) is 53.9 Å². The Bertz CT molecular complexity index is 760. The molecule has 5 N–H and O–H groups in total. The van der Waals surface area contributed by atoms with Gasteiger partial charge in [-0.15, -0.1) is 0 Å². The maximum atomic E-state index is 13.1. The van der Waals surface area contributed by atoms with Crippen LogP contribution in [-0.2, 0) is 23.8 Å². The number of alkyl halides is 3. The standard InChI is InChI=1S/C25H45Cl3N4O6/c1-16(2)20(30-17(3)13-38-24(4,5)6)21(33)29-12-18(14-36-7)22(34)32-11-9-8-10-19(31-32)23(35)37-15-25(26,27)28/h16,18-20,22,30-31,34H,3,8-15H2,1-2,4-7H3,(H,29,33)/p+1/t18-,19-,20-,22?/m0/s1. The van der Waals surface area contributed by atoms with E-state index < -0.39 is 28.1 Å². The minimum absolute atomic E-state index is 0.0131. The Balaban J connectivity index is 2.79. The number of nitrogens with zero attached hydrogens (tertiary/aromatic N) is 1. The van der Waals surface area contributed by atoms with Gasteiger partial charge < -0.3 is 30.0 Å². The van der Waals surface area contributed by atoms with Gasteiger partial charge in [0.15, 0.2) is 0 Å². The van der Waals surface area contributed by atoms with E-state index >= 15 is 0 Å². The Morgan fingerprint density at radius 2 is 1.87 bits per heavy atom. The molecule has 0 bridgehead atoms. The summed E-state index contributed by atoms with van der Waals surface area (Å²) in [6, 6.07) is -1.20. The molecule has 38 heavy (non-hydrogen) atoms. The number of nitrogens with one attached hydrogen (secondary N) is 3. The van der Waals surface area contributed by atoms with Crippen molar-refractivity contribution in [3.8, 4) is 0 Å². The van der Waals surface area contributed by atoms with E-state index in [0.29, 0.717) is 18.7 Å². The molecule has 1 heterocycles. The Kier molecular flexibility index (Phi) is 15.2. The smallest absolute Gasteiger partial charge is 0.324 e. The molecular formula is C25H46Cl3N4O6+. The van der Waals surface area contributed by atoms with Crippen molar-refractivity contribution in [2.24, 2.45) is 11.8 Å². The average Bonchev–Trinajstić information content (AvgIpc) is 3.07. The SMILES string of the molecule is C=C(COC(C)(C)C)N[C@H](C(=O)NC[C@@H](COC)C([OH2+])N1CCCC[C@@H](C(=O)OCC(Cl)(Cl)Cl)N1)C(C)C. The highest BCUT2D eigenvalue weighted by Gasteiger charge is 2.36. The third-order valence-corrected chi connectivity index (χ3v) is 6.14. The lowest BCUT2D eigenvalue weighted by molar-refractivity contribution is -0.151. The number of carbonyl (C=O) groups is 2. The van der Waals surface area contributed by atoms with Gasteiger partial charge in [0.2, 0.25) is 15.9 Å². The van der Waals surface area contributed by atoms with E-state index in [1.54, 1.807) is 12.1 Å². The van der Waals surface area contributed by atoms with Gasteiger partial charge in [0, 0.05) is 25.9 Å². The number of esters is 1. The van der Waals surface area contributed by atoms with E-state index in [1.807, 2.05) is 34.6 Å².